The van der Waals surface area contributed by atoms with E-state index in [1.54, 1.807) is 24.3 Å². The van der Waals surface area contributed by atoms with Crippen LogP contribution in [0.15, 0.2) is 29.2 Å². The second kappa shape index (κ2) is 8.06. The predicted octanol–water partition coefficient (Wildman–Crippen LogP) is 2.88. The molecule has 1 aromatic rings. The van der Waals surface area contributed by atoms with Crippen molar-refractivity contribution in [2.75, 3.05) is 19.8 Å². The fourth-order valence-electron chi connectivity index (χ4n) is 2.14. The molecule has 2 atom stereocenters. The van der Waals surface area contributed by atoms with Crippen LogP contribution in [0.5, 0.6) is 0 Å². The molecule has 2 rings (SSSR count). The van der Waals surface area contributed by atoms with Gasteiger partial charge in [-0.25, -0.2) is 0 Å². The topological polar surface area (TPSA) is 61.8 Å². The summed E-state index contributed by atoms with van der Waals surface area (Å²) in [6.07, 6.45) is 2.92. The molecule has 1 aliphatic rings. The summed E-state index contributed by atoms with van der Waals surface area (Å²) in [4.78, 5) is 0.182. The van der Waals surface area contributed by atoms with Crippen LogP contribution < -0.4 is 0 Å². The number of benzene rings is 1. The Morgan fingerprint density at radius 1 is 1.23 bits per heavy atom. The number of hydrogen-bond acceptors (Lipinski definition) is 5. The highest BCUT2D eigenvalue weighted by Crippen LogP contribution is 2.17. The molecule has 1 aromatic carbocycles. The zero-order valence-corrected chi connectivity index (χ0v) is 14.0. The van der Waals surface area contributed by atoms with Gasteiger partial charge in [-0.1, -0.05) is 24.6 Å². The summed E-state index contributed by atoms with van der Waals surface area (Å²) in [5.74, 6) is -0.0225. The van der Waals surface area contributed by atoms with E-state index in [1.165, 1.54) is 0 Å². The van der Waals surface area contributed by atoms with E-state index in [1.807, 2.05) is 13.8 Å². The van der Waals surface area contributed by atoms with Crippen molar-refractivity contribution in [3.63, 3.8) is 0 Å². The van der Waals surface area contributed by atoms with Crippen molar-refractivity contribution < 1.29 is 22.1 Å². The maximum Gasteiger partial charge on any atom is 0.296 e. The van der Waals surface area contributed by atoms with Crippen molar-refractivity contribution >= 4 is 10.1 Å². The molecule has 5 nitrogen and oxygen atoms in total. The van der Waals surface area contributed by atoms with Gasteiger partial charge in [-0.15, -0.1) is 0 Å². The predicted molar refractivity (Wildman–Crippen MR) is 83.0 cm³/mol. The van der Waals surface area contributed by atoms with Crippen LogP contribution in [0.25, 0.3) is 0 Å². The normalized spacial score (nSPS) is 20.7. The van der Waals surface area contributed by atoms with Crippen LogP contribution in [0.3, 0.4) is 0 Å². The molecule has 0 aromatic heterocycles. The summed E-state index contributed by atoms with van der Waals surface area (Å²) in [6, 6.07) is 6.62. The van der Waals surface area contributed by atoms with E-state index in [0.29, 0.717) is 6.61 Å². The van der Waals surface area contributed by atoms with Crippen LogP contribution in [0, 0.1) is 12.8 Å². The largest absolute Gasteiger partial charge is 0.353 e. The SMILES string of the molecule is Cc1ccc(S(=O)(=O)OCC(C)CO[C@H]2CCCCO2)cc1. The number of rotatable bonds is 7. The summed E-state index contributed by atoms with van der Waals surface area (Å²) in [6.45, 7) is 5.06. The molecule has 0 bridgehead atoms. The molecule has 1 heterocycles. The van der Waals surface area contributed by atoms with Gasteiger partial charge >= 0.3 is 0 Å². The lowest BCUT2D eigenvalue weighted by Crippen LogP contribution is -2.26. The fourth-order valence-corrected chi connectivity index (χ4v) is 3.16. The van der Waals surface area contributed by atoms with Crippen molar-refractivity contribution in [3.05, 3.63) is 29.8 Å². The van der Waals surface area contributed by atoms with Gasteiger partial charge in [0.25, 0.3) is 10.1 Å². The first-order chi connectivity index (χ1) is 10.5. The van der Waals surface area contributed by atoms with Gasteiger partial charge in [0.1, 0.15) is 0 Å². The van der Waals surface area contributed by atoms with Crippen LogP contribution in [0.4, 0.5) is 0 Å². The second-order valence-corrected chi connectivity index (χ2v) is 7.40. The molecule has 22 heavy (non-hydrogen) atoms. The van der Waals surface area contributed by atoms with E-state index in [2.05, 4.69) is 0 Å². The molecule has 1 unspecified atom stereocenters. The standard InChI is InChI=1S/C16H24O5S/c1-13-6-8-15(9-7-13)22(17,18)21-12-14(2)11-20-16-5-3-4-10-19-16/h6-9,14,16H,3-5,10-12H2,1-2H3/t14?,16-/m0/s1. The third-order valence-electron chi connectivity index (χ3n) is 3.52. The lowest BCUT2D eigenvalue weighted by atomic mass is 10.2. The molecule has 0 saturated carbocycles. The maximum atomic E-state index is 12.1. The summed E-state index contributed by atoms with van der Waals surface area (Å²) in [5, 5.41) is 0. The van der Waals surface area contributed by atoms with Gasteiger partial charge in [0.05, 0.1) is 18.1 Å². The van der Waals surface area contributed by atoms with Gasteiger partial charge in [0.15, 0.2) is 6.29 Å². The van der Waals surface area contributed by atoms with Crippen LogP contribution in [0.1, 0.15) is 31.7 Å². The Hall–Kier alpha value is -0.950. The van der Waals surface area contributed by atoms with Gasteiger partial charge in [-0.3, -0.25) is 4.18 Å². The Labute approximate surface area is 132 Å². The first-order valence-corrected chi connectivity index (χ1v) is 9.07. The van der Waals surface area contributed by atoms with Crippen molar-refractivity contribution in [1.29, 1.82) is 0 Å². The van der Waals surface area contributed by atoms with Crippen LogP contribution in [-0.4, -0.2) is 34.5 Å². The Morgan fingerprint density at radius 3 is 2.59 bits per heavy atom. The molecule has 0 aliphatic carbocycles. The first-order valence-electron chi connectivity index (χ1n) is 7.67. The van der Waals surface area contributed by atoms with Gasteiger partial charge in [0.2, 0.25) is 0 Å². The summed E-state index contributed by atoms with van der Waals surface area (Å²) in [7, 11) is -3.70. The van der Waals surface area contributed by atoms with Crippen LogP contribution >= 0.6 is 0 Å². The molecular weight excluding hydrogens is 304 g/mol. The Bertz CT molecular complexity index is 546. The van der Waals surface area contributed by atoms with Crippen LogP contribution in [-0.2, 0) is 23.8 Å². The Morgan fingerprint density at radius 2 is 1.95 bits per heavy atom. The highest BCUT2D eigenvalue weighted by molar-refractivity contribution is 7.86. The van der Waals surface area contributed by atoms with E-state index < -0.39 is 10.1 Å². The molecule has 0 spiro atoms. The van der Waals surface area contributed by atoms with E-state index in [0.717, 1.165) is 31.4 Å². The third-order valence-corrected chi connectivity index (χ3v) is 4.82. The summed E-state index contributed by atoms with van der Waals surface area (Å²) in [5.41, 5.74) is 1.01. The van der Waals surface area contributed by atoms with E-state index in [-0.39, 0.29) is 23.7 Å². The summed E-state index contributed by atoms with van der Waals surface area (Å²) >= 11 is 0. The second-order valence-electron chi connectivity index (χ2n) is 5.79. The fraction of sp³-hybridized carbons (Fsp3) is 0.625. The first kappa shape index (κ1) is 17.4. The number of aryl methyl sites for hydroxylation is 1. The van der Waals surface area contributed by atoms with Crippen molar-refractivity contribution in [3.8, 4) is 0 Å². The molecule has 124 valence electrons. The zero-order chi connectivity index (χ0) is 16.0. The molecule has 0 amide bonds. The quantitative estimate of drug-likeness (QED) is 0.720. The lowest BCUT2D eigenvalue weighted by molar-refractivity contribution is -0.169. The number of hydrogen-bond donors (Lipinski definition) is 0. The monoisotopic (exact) mass is 328 g/mol. The highest BCUT2D eigenvalue weighted by Gasteiger charge is 2.19. The van der Waals surface area contributed by atoms with Crippen molar-refractivity contribution in [2.45, 2.75) is 44.3 Å². The third kappa shape index (κ3) is 5.35. The molecule has 1 fully saturated rings. The molecule has 1 saturated heterocycles. The minimum Gasteiger partial charge on any atom is -0.353 e. The average Bonchev–Trinajstić information content (AvgIpc) is 2.52. The minimum atomic E-state index is -3.70. The van der Waals surface area contributed by atoms with Gasteiger partial charge < -0.3 is 9.47 Å². The van der Waals surface area contributed by atoms with Crippen LogP contribution in [0.2, 0.25) is 0 Å². The van der Waals surface area contributed by atoms with Gasteiger partial charge in [-0.2, -0.15) is 8.42 Å². The van der Waals surface area contributed by atoms with E-state index in [9.17, 15) is 8.42 Å². The zero-order valence-electron chi connectivity index (χ0n) is 13.2. The molecule has 0 N–H and O–H groups in total. The lowest BCUT2D eigenvalue weighted by Gasteiger charge is -2.24. The summed E-state index contributed by atoms with van der Waals surface area (Å²) < 4.78 is 40.3. The molecule has 1 aliphatic heterocycles. The van der Waals surface area contributed by atoms with Crippen molar-refractivity contribution in [2.24, 2.45) is 5.92 Å². The molecule has 6 heteroatoms. The highest BCUT2D eigenvalue weighted by atomic mass is 32.2. The molecule has 0 radical (unpaired) electrons. The van der Waals surface area contributed by atoms with E-state index >= 15 is 0 Å². The van der Waals surface area contributed by atoms with Crippen molar-refractivity contribution in [1.82, 2.24) is 0 Å². The Balaban J connectivity index is 1.77. The average molecular weight is 328 g/mol. The van der Waals surface area contributed by atoms with Gasteiger partial charge in [0, 0.05) is 12.5 Å². The minimum absolute atomic E-state index is 0.0225. The number of ether oxygens (including phenoxy) is 2. The van der Waals surface area contributed by atoms with Gasteiger partial charge in [-0.05, 0) is 38.3 Å². The Kier molecular flexibility index (Phi) is 6.37. The van der Waals surface area contributed by atoms with E-state index in [4.69, 9.17) is 13.7 Å². The molecular formula is C16H24O5S. The maximum absolute atomic E-state index is 12.1. The smallest absolute Gasteiger partial charge is 0.296 e.